The molecule has 9 heteroatoms. The van der Waals surface area contributed by atoms with Crippen molar-refractivity contribution in [3.63, 3.8) is 0 Å². The summed E-state index contributed by atoms with van der Waals surface area (Å²) in [6.45, 7) is 5.25. The third kappa shape index (κ3) is 4.93. The van der Waals surface area contributed by atoms with E-state index in [1.54, 1.807) is 0 Å². The number of carbonyl (C=O) groups excluding carboxylic acids is 1. The van der Waals surface area contributed by atoms with Crippen molar-refractivity contribution in [2.75, 3.05) is 42.3 Å². The SMILES string of the molecule is Cc1ccc(-n2c(SCC(=O)Nc3ccc4c(c3)OCCCO4)nnc2N2CCCC2)cc1. The first kappa shape index (κ1) is 21.6. The van der Waals surface area contributed by atoms with Gasteiger partial charge in [-0.1, -0.05) is 29.5 Å². The molecule has 33 heavy (non-hydrogen) atoms. The largest absolute Gasteiger partial charge is 0.490 e. The normalized spacial score (nSPS) is 15.4. The summed E-state index contributed by atoms with van der Waals surface area (Å²) in [5.41, 5.74) is 2.87. The van der Waals surface area contributed by atoms with Gasteiger partial charge in [-0.05, 0) is 44.0 Å². The predicted molar refractivity (Wildman–Crippen MR) is 129 cm³/mol. The zero-order chi connectivity index (χ0) is 22.6. The van der Waals surface area contributed by atoms with Crippen molar-refractivity contribution in [3.8, 4) is 17.2 Å². The number of benzene rings is 2. The van der Waals surface area contributed by atoms with E-state index in [2.05, 4.69) is 56.2 Å². The van der Waals surface area contributed by atoms with E-state index < -0.39 is 0 Å². The summed E-state index contributed by atoms with van der Waals surface area (Å²) in [5, 5.41) is 12.5. The minimum Gasteiger partial charge on any atom is -0.490 e. The lowest BCUT2D eigenvalue weighted by Crippen LogP contribution is -2.22. The van der Waals surface area contributed by atoms with Crippen LogP contribution < -0.4 is 19.7 Å². The smallest absolute Gasteiger partial charge is 0.234 e. The van der Waals surface area contributed by atoms with Crippen LogP contribution in [0.3, 0.4) is 0 Å². The van der Waals surface area contributed by atoms with E-state index in [4.69, 9.17) is 9.47 Å². The van der Waals surface area contributed by atoms with Crippen molar-refractivity contribution in [1.29, 1.82) is 0 Å². The Hall–Kier alpha value is -3.20. The molecule has 1 saturated heterocycles. The molecular weight excluding hydrogens is 438 g/mol. The fraction of sp³-hybridized carbons (Fsp3) is 0.375. The second-order valence-corrected chi connectivity index (χ2v) is 9.14. The number of aromatic nitrogens is 3. The summed E-state index contributed by atoms with van der Waals surface area (Å²) in [6, 6.07) is 13.8. The highest BCUT2D eigenvalue weighted by Crippen LogP contribution is 2.33. The molecule has 0 atom stereocenters. The van der Waals surface area contributed by atoms with Gasteiger partial charge in [0.05, 0.1) is 24.7 Å². The lowest BCUT2D eigenvalue weighted by atomic mass is 10.2. The van der Waals surface area contributed by atoms with Crippen LogP contribution in [-0.2, 0) is 4.79 Å². The molecule has 2 aromatic carbocycles. The maximum Gasteiger partial charge on any atom is 0.234 e. The van der Waals surface area contributed by atoms with Crippen LogP contribution >= 0.6 is 11.8 Å². The van der Waals surface area contributed by atoms with Crippen molar-refractivity contribution >= 4 is 29.3 Å². The van der Waals surface area contributed by atoms with Gasteiger partial charge in [-0.3, -0.25) is 9.36 Å². The first-order valence-corrected chi connectivity index (χ1v) is 12.3. The molecule has 8 nitrogen and oxygen atoms in total. The van der Waals surface area contributed by atoms with Gasteiger partial charge in [0, 0.05) is 31.3 Å². The van der Waals surface area contributed by atoms with Gasteiger partial charge in [0.15, 0.2) is 16.7 Å². The van der Waals surface area contributed by atoms with Gasteiger partial charge < -0.3 is 19.7 Å². The molecule has 1 N–H and O–H groups in total. The van der Waals surface area contributed by atoms with Gasteiger partial charge in [0.2, 0.25) is 11.9 Å². The van der Waals surface area contributed by atoms with Gasteiger partial charge in [-0.15, -0.1) is 10.2 Å². The first-order chi connectivity index (χ1) is 16.2. The van der Waals surface area contributed by atoms with Gasteiger partial charge in [-0.2, -0.15) is 0 Å². The highest BCUT2D eigenvalue weighted by atomic mass is 32.2. The van der Waals surface area contributed by atoms with Crippen molar-refractivity contribution in [2.24, 2.45) is 0 Å². The minimum atomic E-state index is -0.115. The number of fused-ring (bicyclic) bond motifs is 1. The molecule has 0 unspecified atom stereocenters. The second-order valence-electron chi connectivity index (χ2n) is 8.20. The van der Waals surface area contributed by atoms with Crippen molar-refractivity contribution in [2.45, 2.75) is 31.3 Å². The van der Waals surface area contributed by atoms with Crippen LogP contribution in [0.15, 0.2) is 47.6 Å². The number of rotatable bonds is 6. The van der Waals surface area contributed by atoms with E-state index in [9.17, 15) is 4.79 Å². The molecule has 0 radical (unpaired) electrons. The molecule has 3 aromatic rings. The zero-order valence-corrected chi connectivity index (χ0v) is 19.4. The highest BCUT2D eigenvalue weighted by molar-refractivity contribution is 7.99. The van der Waals surface area contributed by atoms with E-state index in [0.717, 1.165) is 44.0 Å². The Morgan fingerprint density at radius 3 is 2.55 bits per heavy atom. The first-order valence-electron chi connectivity index (χ1n) is 11.3. The number of anilines is 2. The quantitative estimate of drug-likeness (QED) is 0.550. The molecule has 3 heterocycles. The second kappa shape index (κ2) is 9.74. The molecule has 0 spiro atoms. The van der Waals surface area contributed by atoms with Gasteiger partial charge in [-0.25, -0.2) is 0 Å². The Labute approximate surface area is 197 Å². The molecule has 172 valence electrons. The molecule has 0 aliphatic carbocycles. The molecule has 2 aliphatic heterocycles. The molecule has 2 aliphatic rings. The summed E-state index contributed by atoms with van der Waals surface area (Å²) in [4.78, 5) is 15.0. The van der Waals surface area contributed by atoms with E-state index in [1.165, 1.54) is 17.3 Å². The Morgan fingerprint density at radius 1 is 1.00 bits per heavy atom. The van der Waals surface area contributed by atoms with Crippen LogP contribution in [0.2, 0.25) is 0 Å². The summed E-state index contributed by atoms with van der Waals surface area (Å²) in [6.07, 6.45) is 3.15. The van der Waals surface area contributed by atoms with Crippen LogP contribution in [-0.4, -0.2) is 52.7 Å². The number of nitrogens with zero attached hydrogens (tertiary/aromatic N) is 4. The standard InChI is InChI=1S/C24H27N5O3S/c1-17-5-8-19(9-6-17)29-23(28-11-2-3-12-28)26-27-24(29)33-16-22(30)25-18-7-10-20-21(15-18)32-14-4-13-31-20/h5-10,15H,2-4,11-14,16H2,1H3,(H,25,30). The predicted octanol–water partition coefficient (Wildman–Crippen LogP) is 4.07. The van der Waals surface area contributed by atoms with E-state index in [1.807, 2.05) is 18.2 Å². The molecule has 0 saturated carbocycles. The molecule has 0 bridgehead atoms. The number of carbonyl (C=O) groups is 1. The third-order valence-electron chi connectivity index (χ3n) is 5.66. The molecule has 1 aromatic heterocycles. The molecule has 5 rings (SSSR count). The fourth-order valence-electron chi connectivity index (χ4n) is 3.97. The van der Waals surface area contributed by atoms with Crippen molar-refractivity contribution in [1.82, 2.24) is 14.8 Å². The number of aryl methyl sites for hydroxylation is 1. The topological polar surface area (TPSA) is 81.5 Å². The van der Waals surface area contributed by atoms with Crippen LogP contribution in [0.1, 0.15) is 24.8 Å². The highest BCUT2D eigenvalue weighted by Gasteiger charge is 2.23. The molecule has 1 amide bonds. The summed E-state index contributed by atoms with van der Waals surface area (Å²) < 4.78 is 13.4. The van der Waals surface area contributed by atoms with Crippen molar-refractivity contribution < 1.29 is 14.3 Å². The number of thioether (sulfide) groups is 1. The fourth-order valence-corrected chi connectivity index (χ4v) is 4.71. The number of nitrogens with one attached hydrogen (secondary N) is 1. The minimum absolute atomic E-state index is 0.115. The number of ether oxygens (including phenoxy) is 2. The lowest BCUT2D eigenvalue weighted by Gasteiger charge is -2.18. The molecular formula is C24H27N5O3S. The average molecular weight is 466 g/mol. The summed E-state index contributed by atoms with van der Waals surface area (Å²) in [5.74, 6) is 2.31. The average Bonchev–Trinajstić information content (AvgIpc) is 3.43. The van der Waals surface area contributed by atoms with Gasteiger partial charge in [0.1, 0.15) is 0 Å². The molecule has 1 fully saturated rings. The maximum atomic E-state index is 12.7. The van der Waals surface area contributed by atoms with E-state index >= 15 is 0 Å². The monoisotopic (exact) mass is 465 g/mol. The number of amides is 1. The zero-order valence-electron chi connectivity index (χ0n) is 18.6. The van der Waals surface area contributed by atoms with E-state index in [-0.39, 0.29) is 11.7 Å². The third-order valence-corrected chi connectivity index (χ3v) is 6.59. The maximum absolute atomic E-state index is 12.7. The Morgan fingerprint density at radius 2 is 1.76 bits per heavy atom. The van der Waals surface area contributed by atoms with Crippen LogP contribution in [0.25, 0.3) is 5.69 Å². The Bertz CT molecular complexity index is 1130. The van der Waals surface area contributed by atoms with Crippen LogP contribution in [0.5, 0.6) is 11.5 Å². The van der Waals surface area contributed by atoms with Gasteiger partial charge >= 0.3 is 0 Å². The number of hydrogen-bond acceptors (Lipinski definition) is 7. The summed E-state index contributed by atoms with van der Waals surface area (Å²) >= 11 is 1.38. The van der Waals surface area contributed by atoms with E-state index in [0.29, 0.717) is 35.6 Å². The Balaban J connectivity index is 1.30. The number of hydrogen-bond donors (Lipinski definition) is 1. The lowest BCUT2D eigenvalue weighted by molar-refractivity contribution is -0.113. The van der Waals surface area contributed by atoms with Crippen molar-refractivity contribution in [3.05, 3.63) is 48.0 Å². The van der Waals surface area contributed by atoms with Crippen LogP contribution in [0, 0.1) is 6.92 Å². The Kier molecular flexibility index (Phi) is 6.39. The summed E-state index contributed by atoms with van der Waals surface area (Å²) in [7, 11) is 0. The van der Waals surface area contributed by atoms with Crippen LogP contribution in [0.4, 0.5) is 11.6 Å². The van der Waals surface area contributed by atoms with Gasteiger partial charge in [0.25, 0.3) is 0 Å².